The number of rotatable bonds is 2. The summed E-state index contributed by atoms with van der Waals surface area (Å²) < 4.78 is 0. The summed E-state index contributed by atoms with van der Waals surface area (Å²) in [5.74, 6) is 0.136. The minimum atomic E-state index is -0.672. The molecule has 3 nitrogen and oxygen atoms in total. The molecule has 1 aliphatic carbocycles. The summed E-state index contributed by atoms with van der Waals surface area (Å²) in [4.78, 5) is 15.3. The van der Waals surface area contributed by atoms with E-state index in [2.05, 4.69) is 68.5 Å². The number of benzene rings is 2. The highest BCUT2D eigenvalue weighted by molar-refractivity contribution is 5.86. The maximum Gasteiger partial charge on any atom is 0.228 e. The Kier molecular flexibility index (Phi) is 5.43. The summed E-state index contributed by atoms with van der Waals surface area (Å²) in [5, 5.41) is 11.0. The molecule has 0 spiro atoms. The van der Waals surface area contributed by atoms with Crippen LogP contribution in [0.5, 0.6) is 0 Å². The minimum Gasteiger partial charge on any atom is -0.387 e. The molecule has 2 aromatic carbocycles. The first-order chi connectivity index (χ1) is 14.6. The van der Waals surface area contributed by atoms with Crippen LogP contribution < -0.4 is 0 Å². The van der Waals surface area contributed by atoms with E-state index < -0.39 is 11.5 Å². The molecule has 1 N–H and O–H groups in total. The van der Waals surface area contributed by atoms with E-state index in [4.69, 9.17) is 0 Å². The molecule has 1 aliphatic heterocycles. The largest absolute Gasteiger partial charge is 0.387 e. The lowest BCUT2D eigenvalue weighted by molar-refractivity contribution is -0.142. The fourth-order valence-corrected chi connectivity index (χ4v) is 5.28. The summed E-state index contributed by atoms with van der Waals surface area (Å²) >= 11 is 0. The number of nitrogens with zero attached hydrogens (tertiary/aromatic N) is 1. The van der Waals surface area contributed by atoms with E-state index in [9.17, 15) is 9.90 Å². The van der Waals surface area contributed by atoms with Crippen LogP contribution in [0.3, 0.4) is 0 Å². The second-order valence-electron chi connectivity index (χ2n) is 10.6. The molecule has 31 heavy (non-hydrogen) atoms. The van der Waals surface area contributed by atoms with Crippen LogP contribution in [0.4, 0.5) is 0 Å². The lowest BCUT2D eigenvalue weighted by Crippen LogP contribution is -2.50. The molecule has 1 amide bonds. The first kappa shape index (κ1) is 21.6. The number of fused-ring (bicyclic) bond motifs is 1. The number of aliphatic hydroxyl groups is 1. The zero-order valence-electron chi connectivity index (χ0n) is 19.2. The molecule has 3 heteroatoms. The van der Waals surface area contributed by atoms with Gasteiger partial charge in [-0.05, 0) is 27.7 Å². The Morgan fingerprint density at radius 1 is 0.968 bits per heavy atom. The number of carbonyl (C=O) groups excluding carboxylic acids is 1. The lowest BCUT2D eigenvalue weighted by Gasteiger charge is -2.39. The zero-order valence-corrected chi connectivity index (χ0v) is 19.2. The van der Waals surface area contributed by atoms with Gasteiger partial charge in [0, 0.05) is 17.9 Å². The van der Waals surface area contributed by atoms with Crippen molar-refractivity contribution < 1.29 is 9.90 Å². The third-order valence-corrected chi connectivity index (χ3v) is 6.60. The van der Waals surface area contributed by atoms with Crippen molar-refractivity contribution in [3.63, 3.8) is 0 Å². The van der Waals surface area contributed by atoms with E-state index in [1.807, 2.05) is 43.9 Å². The number of likely N-dealkylation sites (tertiary alicyclic amines) is 1. The predicted molar refractivity (Wildman–Crippen MR) is 126 cm³/mol. The molecule has 3 unspecified atom stereocenters. The third kappa shape index (κ3) is 3.87. The smallest absolute Gasteiger partial charge is 0.228 e. The van der Waals surface area contributed by atoms with Gasteiger partial charge in [0.1, 0.15) is 0 Å². The first-order valence-corrected chi connectivity index (χ1v) is 11.1. The van der Waals surface area contributed by atoms with Crippen molar-refractivity contribution in [3.8, 4) is 0 Å². The van der Waals surface area contributed by atoms with Crippen LogP contribution in [-0.2, 0) is 4.79 Å². The SMILES string of the molecule is CC(C)(C)C(=O)N1CC(C)(C)C2C(=C(c3ccccc3)c3ccccc3)C=CC(O)C21. The van der Waals surface area contributed by atoms with Gasteiger partial charge in [0.15, 0.2) is 0 Å². The van der Waals surface area contributed by atoms with Crippen LogP contribution in [-0.4, -0.2) is 34.6 Å². The summed E-state index contributed by atoms with van der Waals surface area (Å²) in [6.07, 6.45) is 3.29. The molecule has 2 aromatic rings. The van der Waals surface area contributed by atoms with Gasteiger partial charge in [0.2, 0.25) is 5.91 Å². The van der Waals surface area contributed by atoms with Crippen molar-refractivity contribution >= 4 is 11.5 Å². The van der Waals surface area contributed by atoms with Crippen LogP contribution in [0.1, 0.15) is 45.7 Å². The van der Waals surface area contributed by atoms with E-state index >= 15 is 0 Å². The van der Waals surface area contributed by atoms with Gasteiger partial charge >= 0.3 is 0 Å². The van der Waals surface area contributed by atoms with Gasteiger partial charge in [-0.25, -0.2) is 0 Å². The molecule has 2 aliphatic rings. The highest BCUT2D eigenvalue weighted by Gasteiger charge is 2.55. The van der Waals surface area contributed by atoms with E-state index in [0.29, 0.717) is 6.54 Å². The molecular formula is C28H33NO2. The molecule has 0 radical (unpaired) electrons. The Morgan fingerprint density at radius 3 is 1.97 bits per heavy atom. The van der Waals surface area contributed by atoms with Gasteiger partial charge in [-0.15, -0.1) is 0 Å². The number of allylic oxidation sites excluding steroid dienone is 1. The average molecular weight is 416 g/mol. The van der Waals surface area contributed by atoms with Crippen molar-refractivity contribution in [2.75, 3.05) is 6.54 Å². The summed E-state index contributed by atoms with van der Waals surface area (Å²) in [5.41, 5.74) is 4.03. The van der Waals surface area contributed by atoms with Crippen LogP contribution in [0.15, 0.2) is 78.4 Å². The van der Waals surface area contributed by atoms with Gasteiger partial charge in [-0.2, -0.15) is 0 Å². The Morgan fingerprint density at radius 2 is 1.48 bits per heavy atom. The number of carbonyl (C=O) groups is 1. The predicted octanol–water partition coefficient (Wildman–Crippen LogP) is 5.32. The Hall–Kier alpha value is -2.65. The van der Waals surface area contributed by atoms with E-state index in [1.54, 1.807) is 0 Å². The second kappa shape index (κ2) is 7.80. The maximum atomic E-state index is 13.3. The molecule has 1 saturated heterocycles. The molecule has 4 rings (SSSR count). The van der Waals surface area contributed by atoms with Crippen molar-refractivity contribution in [1.29, 1.82) is 0 Å². The van der Waals surface area contributed by atoms with Gasteiger partial charge in [0.05, 0.1) is 12.1 Å². The maximum absolute atomic E-state index is 13.3. The fourth-order valence-electron chi connectivity index (χ4n) is 5.28. The monoisotopic (exact) mass is 415 g/mol. The van der Waals surface area contributed by atoms with Gasteiger partial charge < -0.3 is 10.0 Å². The highest BCUT2D eigenvalue weighted by atomic mass is 16.3. The molecule has 1 fully saturated rings. The van der Waals surface area contributed by atoms with Gasteiger partial charge in [0.25, 0.3) is 0 Å². The van der Waals surface area contributed by atoms with Crippen LogP contribution in [0, 0.1) is 16.7 Å². The number of aliphatic hydroxyl groups excluding tert-OH is 1. The van der Waals surface area contributed by atoms with Crippen molar-refractivity contribution in [2.45, 2.75) is 46.8 Å². The quantitative estimate of drug-likeness (QED) is 0.721. The summed E-state index contributed by atoms with van der Waals surface area (Å²) in [6, 6.07) is 20.6. The van der Waals surface area contributed by atoms with Crippen molar-refractivity contribution in [2.24, 2.45) is 16.7 Å². The first-order valence-electron chi connectivity index (χ1n) is 11.1. The van der Waals surface area contributed by atoms with E-state index in [1.165, 1.54) is 11.1 Å². The van der Waals surface area contributed by atoms with Crippen molar-refractivity contribution in [1.82, 2.24) is 4.90 Å². The molecule has 3 atom stereocenters. The Bertz CT molecular complexity index is 970. The van der Waals surface area contributed by atoms with Crippen LogP contribution in [0.2, 0.25) is 0 Å². The molecular weight excluding hydrogens is 382 g/mol. The van der Waals surface area contributed by atoms with Crippen LogP contribution >= 0.6 is 0 Å². The number of amides is 1. The topological polar surface area (TPSA) is 40.5 Å². The zero-order chi connectivity index (χ0) is 22.4. The Labute approximate surface area is 186 Å². The molecule has 0 aromatic heterocycles. The second-order valence-corrected chi connectivity index (χ2v) is 10.6. The minimum absolute atomic E-state index is 0.0363. The van der Waals surface area contributed by atoms with Gasteiger partial charge in [-0.1, -0.05) is 107 Å². The summed E-state index contributed by atoms with van der Waals surface area (Å²) in [7, 11) is 0. The molecule has 0 saturated carbocycles. The van der Waals surface area contributed by atoms with Crippen molar-refractivity contribution in [3.05, 3.63) is 89.5 Å². The van der Waals surface area contributed by atoms with Gasteiger partial charge in [-0.3, -0.25) is 4.79 Å². The van der Waals surface area contributed by atoms with Crippen LogP contribution in [0.25, 0.3) is 5.57 Å². The van der Waals surface area contributed by atoms with E-state index in [0.717, 1.165) is 11.1 Å². The summed E-state index contributed by atoms with van der Waals surface area (Å²) in [6.45, 7) is 10.9. The lowest BCUT2D eigenvalue weighted by atomic mass is 9.68. The highest BCUT2D eigenvalue weighted by Crippen LogP contribution is 2.51. The standard InChI is InChI=1S/C28H33NO2/c1-27(2,3)26(31)29-18-28(4,5)24-21(16-17-22(30)25(24)29)23(19-12-8-6-9-13-19)20-14-10-7-11-15-20/h6-17,22,24-25,30H,18H2,1-5H3. The molecule has 0 bridgehead atoms. The fraction of sp³-hybridized carbons (Fsp3) is 0.393. The van der Waals surface area contributed by atoms with E-state index in [-0.39, 0.29) is 23.3 Å². The molecule has 1 heterocycles. The number of hydrogen-bond donors (Lipinski definition) is 1. The average Bonchev–Trinajstić information content (AvgIpc) is 3.02. The normalized spacial score (nSPS) is 24.8. The Balaban J connectivity index is 1.94. The molecule has 162 valence electrons. The number of hydrogen-bond acceptors (Lipinski definition) is 2. The third-order valence-electron chi connectivity index (χ3n) is 6.60.